The van der Waals surface area contributed by atoms with E-state index >= 15 is 0 Å². The van der Waals surface area contributed by atoms with Gasteiger partial charge in [0.2, 0.25) is 0 Å². The van der Waals surface area contributed by atoms with Crippen LogP contribution < -0.4 is 0 Å². The van der Waals surface area contributed by atoms with E-state index in [1.807, 2.05) is 35.8 Å². The van der Waals surface area contributed by atoms with E-state index in [0.717, 1.165) is 17.5 Å². The van der Waals surface area contributed by atoms with Gasteiger partial charge in [-0.2, -0.15) is 0 Å². The first-order valence-electron chi connectivity index (χ1n) is 6.02. The number of hydrogen-bond acceptors (Lipinski definition) is 1. The first kappa shape index (κ1) is 11.7. The molecule has 1 aromatic heterocycles. The minimum absolute atomic E-state index is 0.336. The van der Waals surface area contributed by atoms with Crippen molar-refractivity contribution in [3.63, 3.8) is 0 Å². The number of aryl methyl sites for hydroxylation is 1. The third kappa shape index (κ3) is 1.93. The van der Waals surface area contributed by atoms with E-state index in [2.05, 4.69) is 0 Å². The van der Waals surface area contributed by atoms with E-state index in [1.165, 1.54) is 17.7 Å². The predicted octanol–water partition coefficient (Wildman–Crippen LogP) is 3.89. The minimum atomic E-state index is -0.336. The lowest BCUT2D eigenvalue weighted by Crippen LogP contribution is -1.91. The molecule has 0 aliphatic heterocycles. The standard InChI is InChI=1S/C16H12FNO/c1-11-2-5-14(6-3-11)18-9-12(10-19)15-8-13(17)4-7-16(15)18/h2-10H,1H3. The maximum Gasteiger partial charge on any atom is 0.152 e. The summed E-state index contributed by atoms with van der Waals surface area (Å²) in [5, 5.41) is 0.635. The van der Waals surface area contributed by atoms with Gasteiger partial charge in [-0.3, -0.25) is 4.79 Å². The van der Waals surface area contributed by atoms with Crippen LogP contribution in [-0.4, -0.2) is 10.9 Å². The summed E-state index contributed by atoms with van der Waals surface area (Å²) in [6, 6.07) is 12.5. The molecule has 94 valence electrons. The molecule has 0 spiro atoms. The number of carbonyl (C=O) groups excluding carboxylic acids is 1. The number of rotatable bonds is 2. The van der Waals surface area contributed by atoms with Crippen LogP contribution in [0.2, 0.25) is 0 Å². The van der Waals surface area contributed by atoms with Crippen LogP contribution in [0.5, 0.6) is 0 Å². The summed E-state index contributed by atoms with van der Waals surface area (Å²) in [5.74, 6) is -0.336. The monoisotopic (exact) mass is 253 g/mol. The molecule has 1 heterocycles. The average molecular weight is 253 g/mol. The molecule has 0 unspecified atom stereocenters. The molecule has 0 radical (unpaired) electrons. The zero-order chi connectivity index (χ0) is 13.4. The van der Waals surface area contributed by atoms with Gasteiger partial charge in [0.05, 0.1) is 5.52 Å². The molecule has 0 saturated carbocycles. The number of nitrogens with zero attached hydrogens (tertiary/aromatic N) is 1. The van der Waals surface area contributed by atoms with Crippen molar-refractivity contribution in [1.29, 1.82) is 0 Å². The normalized spacial score (nSPS) is 10.8. The van der Waals surface area contributed by atoms with Gasteiger partial charge in [0.1, 0.15) is 5.82 Å². The fraction of sp³-hybridized carbons (Fsp3) is 0.0625. The van der Waals surface area contributed by atoms with Crippen LogP contribution in [-0.2, 0) is 0 Å². The zero-order valence-electron chi connectivity index (χ0n) is 10.4. The molecule has 0 aliphatic rings. The van der Waals surface area contributed by atoms with Gasteiger partial charge in [-0.05, 0) is 37.3 Å². The third-order valence-electron chi connectivity index (χ3n) is 3.24. The lowest BCUT2D eigenvalue weighted by Gasteiger charge is -2.05. The van der Waals surface area contributed by atoms with Crippen molar-refractivity contribution >= 4 is 17.2 Å². The Labute approximate surface area is 110 Å². The smallest absolute Gasteiger partial charge is 0.152 e. The Morgan fingerprint density at radius 1 is 1.11 bits per heavy atom. The molecule has 0 N–H and O–H groups in total. The van der Waals surface area contributed by atoms with Crippen LogP contribution in [0.4, 0.5) is 4.39 Å². The molecule has 0 atom stereocenters. The molecule has 19 heavy (non-hydrogen) atoms. The number of aromatic nitrogens is 1. The van der Waals surface area contributed by atoms with E-state index < -0.39 is 0 Å². The second kappa shape index (κ2) is 4.35. The molecule has 2 aromatic carbocycles. The molecular formula is C16H12FNO. The van der Waals surface area contributed by atoms with Gasteiger partial charge in [-0.1, -0.05) is 17.7 Å². The molecule has 0 aliphatic carbocycles. The largest absolute Gasteiger partial charge is 0.316 e. The Morgan fingerprint density at radius 3 is 2.53 bits per heavy atom. The summed E-state index contributed by atoms with van der Waals surface area (Å²) in [6.45, 7) is 2.02. The van der Waals surface area contributed by atoms with Crippen molar-refractivity contribution in [2.45, 2.75) is 6.92 Å². The van der Waals surface area contributed by atoms with Gasteiger partial charge < -0.3 is 4.57 Å². The SMILES string of the molecule is Cc1ccc(-n2cc(C=O)c3cc(F)ccc32)cc1. The third-order valence-corrected chi connectivity index (χ3v) is 3.24. The Bertz CT molecular complexity index is 756. The van der Waals surface area contributed by atoms with E-state index in [9.17, 15) is 9.18 Å². The summed E-state index contributed by atoms with van der Waals surface area (Å²) in [4.78, 5) is 11.1. The van der Waals surface area contributed by atoms with Gasteiger partial charge in [0, 0.05) is 22.8 Å². The number of fused-ring (bicyclic) bond motifs is 1. The van der Waals surface area contributed by atoms with Gasteiger partial charge in [0.15, 0.2) is 6.29 Å². The first-order chi connectivity index (χ1) is 9.19. The Kier molecular flexibility index (Phi) is 2.67. The van der Waals surface area contributed by atoms with Crippen molar-refractivity contribution in [3.05, 3.63) is 65.6 Å². The summed E-state index contributed by atoms with van der Waals surface area (Å²) in [7, 11) is 0. The van der Waals surface area contributed by atoms with Crippen molar-refractivity contribution < 1.29 is 9.18 Å². The highest BCUT2D eigenvalue weighted by molar-refractivity contribution is 5.98. The van der Waals surface area contributed by atoms with Crippen LogP contribution in [0.25, 0.3) is 16.6 Å². The molecule has 3 heteroatoms. The predicted molar refractivity (Wildman–Crippen MR) is 73.4 cm³/mol. The summed E-state index contributed by atoms with van der Waals surface area (Å²) in [5.41, 5.74) is 3.44. The van der Waals surface area contributed by atoms with E-state index in [0.29, 0.717) is 10.9 Å². The average Bonchev–Trinajstić information content (AvgIpc) is 2.77. The maximum absolute atomic E-state index is 13.3. The van der Waals surface area contributed by atoms with Crippen molar-refractivity contribution in [3.8, 4) is 5.69 Å². The first-order valence-corrected chi connectivity index (χ1v) is 6.02. The summed E-state index contributed by atoms with van der Waals surface area (Å²) < 4.78 is 15.2. The fourth-order valence-electron chi connectivity index (χ4n) is 2.24. The van der Waals surface area contributed by atoms with Crippen LogP contribution in [0.15, 0.2) is 48.7 Å². The van der Waals surface area contributed by atoms with Crippen molar-refractivity contribution in [2.24, 2.45) is 0 Å². The number of halogens is 1. The van der Waals surface area contributed by atoms with Crippen LogP contribution in [0.1, 0.15) is 15.9 Å². The zero-order valence-corrected chi connectivity index (χ0v) is 10.4. The summed E-state index contributed by atoms with van der Waals surface area (Å²) in [6.07, 6.45) is 2.49. The fourth-order valence-corrected chi connectivity index (χ4v) is 2.24. The van der Waals surface area contributed by atoms with E-state index in [4.69, 9.17) is 0 Å². The molecule has 3 aromatic rings. The molecule has 0 saturated heterocycles. The Morgan fingerprint density at radius 2 is 1.84 bits per heavy atom. The maximum atomic E-state index is 13.3. The van der Waals surface area contributed by atoms with Crippen LogP contribution in [0, 0.1) is 12.7 Å². The molecule has 0 fully saturated rings. The van der Waals surface area contributed by atoms with Gasteiger partial charge in [-0.25, -0.2) is 4.39 Å². The second-order valence-corrected chi connectivity index (χ2v) is 4.57. The highest BCUT2D eigenvalue weighted by Crippen LogP contribution is 2.25. The van der Waals surface area contributed by atoms with Gasteiger partial charge in [0.25, 0.3) is 0 Å². The molecule has 0 amide bonds. The van der Waals surface area contributed by atoms with E-state index in [-0.39, 0.29) is 5.82 Å². The second-order valence-electron chi connectivity index (χ2n) is 4.57. The molecular weight excluding hydrogens is 241 g/mol. The highest BCUT2D eigenvalue weighted by atomic mass is 19.1. The quantitative estimate of drug-likeness (QED) is 0.635. The summed E-state index contributed by atoms with van der Waals surface area (Å²) >= 11 is 0. The molecule has 2 nitrogen and oxygen atoms in total. The number of hydrogen-bond donors (Lipinski definition) is 0. The number of benzene rings is 2. The van der Waals surface area contributed by atoms with Gasteiger partial charge >= 0.3 is 0 Å². The van der Waals surface area contributed by atoms with Crippen molar-refractivity contribution in [2.75, 3.05) is 0 Å². The van der Waals surface area contributed by atoms with Crippen molar-refractivity contribution in [1.82, 2.24) is 4.57 Å². The topological polar surface area (TPSA) is 22.0 Å². The Balaban J connectivity index is 2.29. The number of carbonyl (C=O) groups is 1. The van der Waals surface area contributed by atoms with Crippen LogP contribution in [0.3, 0.4) is 0 Å². The lowest BCUT2D eigenvalue weighted by molar-refractivity contribution is 0.112. The highest BCUT2D eigenvalue weighted by Gasteiger charge is 2.10. The Hall–Kier alpha value is -2.42. The van der Waals surface area contributed by atoms with E-state index in [1.54, 1.807) is 12.3 Å². The van der Waals surface area contributed by atoms with Gasteiger partial charge in [-0.15, -0.1) is 0 Å². The number of aldehydes is 1. The molecule has 0 bridgehead atoms. The lowest BCUT2D eigenvalue weighted by atomic mass is 10.2. The minimum Gasteiger partial charge on any atom is -0.316 e. The van der Waals surface area contributed by atoms with Crippen LogP contribution >= 0.6 is 0 Å². The molecule has 3 rings (SSSR count).